The summed E-state index contributed by atoms with van der Waals surface area (Å²) >= 11 is 0. The van der Waals surface area contributed by atoms with E-state index in [2.05, 4.69) is 51.2 Å². The number of carboxylic acids is 1. The van der Waals surface area contributed by atoms with Gasteiger partial charge in [0.15, 0.2) is 11.2 Å². The normalized spacial score (nSPS) is 12.6. The molecule has 0 radical (unpaired) electrons. The molecule has 262 valence electrons. The van der Waals surface area contributed by atoms with Crippen LogP contribution in [0.25, 0.3) is 21.6 Å². The molecular weight excluding hydrogens is 638 g/mol. The molecule has 2 aromatic heterocycles. The van der Waals surface area contributed by atoms with Gasteiger partial charge in [-0.3, -0.25) is 14.4 Å². The Labute approximate surface area is 281 Å². The van der Waals surface area contributed by atoms with E-state index in [9.17, 15) is 29.4 Å². The number of carboxylic acid groups (broad SMARTS) is 1. The van der Waals surface area contributed by atoms with Gasteiger partial charge in [-0.05, 0) is 81.8 Å². The number of aliphatic carboxylic acids is 1. The number of aromatic nitrogens is 4. The molecule has 3 amide bonds. The smallest absolute Gasteiger partial charge is 0.326 e. The van der Waals surface area contributed by atoms with Gasteiger partial charge in [-0.1, -0.05) is 5.11 Å². The van der Waals surface area contributed by atoms with Gasteiger partial charge < -0.3 is 42.9 Å². The summed E-state index contributed by atoms with van der Waals surface area (Å²) in [4.78, 5) is 68.9. The number of rotatable bonds is 20. The van der Waals surface area contributed by atoms with E-state index in [1.165, 1.54) is 6.20 Å². The minimum absolute atomic E-state index is 0.0156. The van der Waals surface area contributed by atoms with Crippen LogP contribution >= 0.6 is 0 Å². The SMILES string of the molecule is C[C@H](CCC(=O)N[C@@H](CCCN=[N+]=[N-])C(=O)N[C@H](CCCCN)C(=O)O)NC(=O)c1ccc(NCc2cnc3nc(N)nc(O)c3n2)cc1. The van der Waals surface area contributed by atoms with Crippen molar-refractivity contribution in [1.29, 1.82) is 0 Å². The Hall–Kier alpha value is -5.81. The van der Waals surface area contributed by atoms with Crippen LogP contribution in [0.4, 0.5) is 11.6 Å². The van der Waals surface area contributed by atoms with Gasteiger partial charge in [0.2, 0.25) is 23.6 Å². The van der Waals surface area contributed by atoms with Crippen molar-refractivity contribution in [3.63, 3.8) is 0 Å². The van der Waals surface area contributed by atoms with Crippen molar-refractivity contribution < 1.29 is 29.4 Å². The average molecular weight is 680 g/mol. The third kappa shape index (κ3) is 12.4. The van der Waals surface area contributed by atoms with E-state index in [1.807, 2.05) is 0 Å². The molecule has 49 heavy (non-hydrogen) atoms. The van der Waals surface area contributed by atoms with E-state index >= 15 is 0 Å². The van der Waals surface area contributed by atoms with Crippen molar-refractivity contribution in [2.75, 3.05) is 24.1 Å². The Morgan fingerprint density at radius 3 is 2.41 bits per heavy atom. The number of unbranched alkanes of at least 4 members (excludes halogenated alkanes) is 1. The number of carbonyl (C=O) groups excluding carboxylic acids is 3. The first-order valence-corrected chi connectivity index (χ1v) is 15.7. The number of benzene rings is 1. The highest BCUT2D eigenvalue weighted by Crippen LogP contribution is 2.19. The molecule has 0 saturated heterocycles. The van der Waals surface area contributed by atoms with Crippen LogP contribution < -0.4 is 32.7 Å². The first-order chi connectivity index (χ1) is 23.5. The van der Waals surface area contributed by atoms with Gasteiger partial charge in [-0.15, -0.1) is 0 Å². The highest BCUT2D eigenvalue weighted by molar-refractivity contribution is 5.95. The van der Waals surface area contributed by atoms with E-state index in [0.717, 1.165) is 0 Å². The number of nitrogen functional groups attached to an aromatic ring is 1. The zero-order chi connectivity index (χ0) is 35.8. The summed E-state index contributed by atoms with van der Waals surface area (Å²) in [5, 5.41) is 34.0. The Kier molecular flexibility index (Phi) is 14.7. The number of carbonyl (C=O) groups is 4. The van der Waals surface area contributed by atoms with Crippen LogP contribution in [-0.2, 0) is 20.9 Å². The number of nitrogens with zero attached hydrogens (tertiary/aromatic N) is 7. The van der Waals surface area contributed by atoms with Crippen molar-refractivity contribution in [2.24, 2.45) is 10.8 Å². The van der Waals surface area contributed by atoms with Gasteiger partial charge >= 0.3 is 5.97 Å². The predicted octanol–water partition coefficient (Wildman–Crippen LogP) is 1.49. The number of aromatic hydroxyl groups is 1. The zero-order valence-corrected chi connectivity index (χ0v) is 27.0. The van der Waals surface area contributed by atoms with Gasteiger partial charge in [-0.25, -0.2) is 14.8 Å². The number of hydrogen-bond donors (Lipinski definition) is 8. The van der Waals surface area contributed by atoms with E-state index < -0.39 is 35.9 Å². The third-order valence-electron chi connectivity index (χ3n) is 7.29. The Bertz CT molecular complexity index is 1650. The largest absolute Gasteiger partial charge is 0.492 e. The van der Waals surface area contributed by atoms with Crippen molar-refractivity contribution in [3.05, 3.63) is 52.2 Å². The van der Waals surface area contributed by atoms with Crippen molar-refractivity contribution in [2.45, 2.75) is 76.5 Å². The number of nitrogens with two attached hydrogens (primary N) is 2. The number of azide groups is 1. The number of hydrogen-bond acceptors (Lipinski definition) is 13. The van der Waals surface area contributed by atoms with Gasteiger partial charge in [-0.2, -0.15) is 9.97 Å². The fraction of sp³-hybridized carbons (Fsp3) is 0.467. The third-order valence-corrected chi connectivity index (χ3v) is 7.29. The summed E-state index contributed by atoms with van der Waals surface area (Å²) < 4.78 is 0. The molecule has 1 aromatic carbocycles. The first kappa shape index (κ1) is 37.6. The van der Waals surface area contributed by atoms with Crippen LogP contribution in [0.15, 0.2) is 35.6 Å². The lowest BCUT2D eigenvalue weighted by Crippen LogP contribution is -2.51. The molecule has 2 heterocycles. The molecule has 0 fully saturated rings. The summed E-state index contributed by atoms with van der Waals surface area (Å²) in [6.07, 6.45) is 3.47. The molecule has 3 atom stereocenters. The molecule has 0 spiro atoms. The van der Waals surface area contributed by atoms with E-state index in [-0.39, 0.29) is 67.7 Å². The Balaban J connectivity index is 1.49. The maximum Gasteiger partial charge on any atom is 0.326 e. The van der Waals surface area contributed by atoms with E-state index in [1.54, 1.807) is 31.2 Å². The summed E-state index contributed by atoms with van der Waals surface area (Å²) in [5.74, 6) is -3.13. The highest BCUT2D eigenvalue weighted by Gasteiger charge is 2.26. The lowest BCUT2D eigenvalue weighted by Gasteiger charge is -2.22. The topological polar surface area (TPSA) is 309 Å². The molecule has 3 aromatic rings. The lowest BCUT2D eigenvalue weighted by molar-refractivity contribution is -0.142. The van der Waals surface area contributed by atoms with Gasteiger partial charge in [0, 0.05) is 35.2 Å². The second-order valence-corrected chi connectivity index (χ2v) is 11.2. The van der Waals surface area contributed by atoms with E-state index in [0.29, 0.717) is 42.8 Å². The predicted molar refractivity (Wildman–Crippen MR) is 179 cm³/mol. The van der Waals surface area contributed by atoms with Crippen molar-refractivity contribution in [1.82, 2.24) is 35.9 Å². The first-order valence-electron chi connectivity index (χ1n) is 15.7. The minimum Gasteiger partial charge on any atom is -0.492 e. The molecule has 0 aliphatic carbocycles. The highest BCUT2D eigenvalue weighted by atomic mass is 16.4. The second kappa shape index (κ2) is 19.1. The summed E-state index contributed by atoms with van der Waals surface area (Å²) in [6.45, 7) is 2.51. The second-order valence-electron chi connectivity index (χ2n) is 11.2. The van der Waals surface area contributed by atoms with E-state index in [4.69, 9.17) is 17.0 Å². The average Bonchev–Trinajstić information content (AvgIpc) is 3.07. The van der Waals surface area contributed by atoms with Crippen LogP contribution in [0.2, 0.25) is 0 Å². The molecule has 3 rings (SSSR count). The van der Waals surface area contributed by atoms with Crippen LogP contribution in [0.5, 0.6) is 5.88 Å². The summed E-state index contributed by atoms with van der Waals surface area (Å²) in [6, 6.07) is 4.11. The molecule has 0 bridgehead atoms. The fourth-order valence-corrected chi connectivity index (χ4v) is 4.66. The minimum atomic E-state index is -1.19. The Morgan fingerprint density at radius 1 is 0.980 bits per heavy atom. The Morgan fingerprint density at radius 2 is 1.71 bits per heavy atom. The van der Waals surface area contributed by atoms with Crippen molar-refractivity contribution >= 4 is 46.5 Å². The van der Waals surface area contributed by atoms with Gasteiger partial charge in [0.05, 0.1) is 18.4 Å². The number of anilines is 2. The molecule has 0 aliphatic heterocycles. The number of nitrogens with one attached hydrogen (secondary N) is 4. The summed E-state index contributed by atoms with van der Waals surface area (Å²) in [5.41, 5.74) is 21.4. The zero-order valence-electron chi connectivity index (χ0n) is 27.0. The van der Waals surface area contributed by atoms with Crippen LogP contribution in [0.3, 0.4) is 0 Å². The van der Waals surface area contributed by atoms with Crippen LogP contribution in [-0.4, -0.2) is 85.1 Å². The molecule has 0 unspecified atom stereocenters. The monoisotopic (exact) mass is 679 g/mol. The molecule has 0 aliphatic rings. The molecular formula is C30H41N13O6. The van der Waals surface area contributed by atoms with Crippen molar-refractivity contribution in [3.8, 4) is 5.88 Å². The fourth-order valence-electron chi connectivity index (χ4n) is 4.66. The molecule has 19 nitrogen and oxygen atoms in total. The summed E-state index contributed by atoms with van der Waals surface area (Å²) in [7, 11) is 0. The standard InChI is InChI=1S/C30H41N13O6/c1-17(7-12-23(44)39-21(6-4-14-36-43-33)27(46)40-22(29(48)49)5-2-3-13-31)37-26(45)18-8-10-19(11-9-18)34-15-20-16-35-25-24(38-20)28(47)42-30(32)41-25/h8-11,16-17,21-22,34H,2-7,12-15,31H2,1H3,(H,37,45)(H,39,44)(H,40,46)(H,48,49)(H3,32,35,41,42,47)/t17-,21+,22-/m1/s1. The molecule has 10 N–H and O–H groups in total. The van der Waals surface area contributed by atoms with Gasteiger partial charge in [0.25, 0.3) is 5.91 Å². The molecule has 0 saturated carbocycles. The maximum absolute atomic E-state index is 12.9. The maximum atomic E-state index is 12.9. The lowest BCUT2D eigenvalue weighted by atomic mass is 10.1. The number of fused-ring (bicyclic) bond motifs is 1. The molecule has 19 heteroatoms. The number of amides is 3. The van der Waals surface area contributed by atoms with Crippen LogP contribution in [0, 0.1) is 0 Å². The van der Waals surface area contributed by atoms with Gasteiger partial charge in [0.1, 0.15) is 12.1 Å². The quantitative estimate of drug-likeness (QED) is 0.0364. The van der Waals surface area contributed by atoms with Crippen LogP contribution in [0.1, 0.15) is 67.9 Å².